The summed E-state index contributed by atoms with van der Waals surface area (Å²) in [4.78, 5) is 4.50. The summed E-state index contributed by atoms with van der Waals surface area (Å²) in [6, 6.07) is 12.8. The average Bonchev–Trinajstić information content (AvgIpc) is 2.71. The molecule has 0 fully saturated rings. The normalized spacial score (nSPS) is 11.1. The molecule has 2 aromatic heterocycles. The van der Waals surface area contributed by atoms with Crippen molar-refractivity contribution in [2.45, 2.75) is 20.8 Å². The quantitative estimate of drug-likeness (QED) is 0.625. The summed E-state index contributed by atoms with van der Waals surface area (Å²) in [6.45, 7) is 6.37. The molecule has 0 bridgehead atoms. The Balaban J connectivity index is 2.41. The minimum absolute atomic E-state index is 1.09. The second-order valence-corrected chi connectivity index (χ2v) is 4.75. The molecular weight excluding hydrogens is 220 g/mol. The Morgan fingerprint density at radius 2 is 1.61 bits per heavy atom. The maximum Gasteiger partial charge on any atom is 0.0752 e. The fourth-order valence-corrected chi connectivity index (χ4v) is 2.54. The molecular formula is C16H16N2. The molecule has 0 spiro atoms. The van der Waals surface area contributed by atoms with Gasteiger partial charge in [-0.15, -0.1) is 0 Å². The van der Waals surface area contributed by atoms with Crippen molar-refractivity contribution in [3.63, 3.8) is 0 Å². The van der Waals surface area contributed by atoms with E-state index < -0.39 is 0 Å². The molecule has 1 aromatic carbocycles. The van der Waals surface area contributed by atoms with E-state index in [4.69, 9.17) is 0 Å². The van der Waals surface area contributed by atoms with Crippen molar-refractivity contribution in [2.24, 2.45) is 0 Å². The van der Waals surface area contributed by atoms with Crippen LogP contribution in [0.3, 0.4) is 0 Å². The highest BCUT2D eigenvalue weighted by Gasteiger charge is 2.09. The van der Waals surface area contributed by atoms with E-state index in [1.165, 1.54) is 28.0 Å². The fraction of sp³-hybridized carbons (Fsp3) is 0.188. The summed E-state index contributed by atoms with van der Waals surface area (Å²) in [5.74, 6) is 0. The first kappa shape index (κ1) is 11.0. The summed E-state index contributed by atoms with van der Waals surface area (Å²) in [7, 11) is 0. The number of hydrogen-bond donors (Lipinski definition) is 0. The van der Waals surface area contributed by atoms with Crippen molar-refractivity contribution in [1.29, 1.82) is 0 Å². The second-order valence-electron chi connectivity index (χ2n) is 4.75. The lowest BCUT2D eigenvalue weighted by molar-refractivity contribution is 0.973. The van der Waals surface area contributed by atoms with Crippen LogP contribution in [0.4, 0.5) is 0 Å². The van der Waals surface area contributed by atoms with Gasteiger partial charge in [-0.05, 0) is 56.7 Å². The topological polar surface area (TPSA) is 17.8 Å². The highest BCUT2D eigenvalue weighted by Crippen LogP contribution is 2.26. The van der Waals surface area contributed by atoms with Gasteiger partial charge in [0.2, 0.25) is 0 Å². The number of aryl methyl sites for hydroxylation is 3. The zero-order chi connectivity index (χ0) is 12.7. The van der Waals surface area contributed by atoms with E-state index in [-0.39, 0.29) is 0 Å². The van der Waals surface area contributed by atoms with E-state index >= 15 is 0 Å². The molecule has 2 heterocycles. The van der Waals surface area contributed by atoms with Crippen molar-refractivity contribution in [3.8, 4) is 5.69 Å². The molecule has 2 nitrogen and oxygen atoms in total. The first-order chi connectivity index (χ1) is 8.68. The Hall–Kier alpha value is -2.09. The molecule has 0 aliphatic rings. The lowest BCUT2D eigenvalue weighted by Gasteiger charge is -2.13. The predicted molar refractivity (Wildman–Crippen MR) is 75.3 cm³/mol. The minimum Gasteiger partial charge on any atom is -0.318 e. The van der Waals surface area contributed by atoms with E-state index in [1.807, 2.05) is 12.3 Å². The number of fused-ring (bicyclic) bond motifs is 1. The third-order valence-corrected chi connectivity index (χ3v) is 3.46. The van der Waals surface area contributed by atoms with Gasteiger partial charge in [0.25, 0.3) is 0 Å². The Bertz CT molecular complexity index is 704. The molecule has 0 amide bonds. The van der Waals surface area contributed by atoms with Gasteiger partial charge in [0, 0.05) is 23.0 Å². The highest BCUT2D eigenvalue weighted by molar-refractivity contribution is 5.89. The molecule has 0 saturated heterocycles. The monoisotopic (exact) mass is 236 g/mol. The van der Waals surface area contributed by atoms with E-state index in [2.05, 4.69) is 60.7 Å². The third-order valence-electron chi connectivity index (χ3n) is 3.46. The Labute approximate surface area is 107 Å². The number of benzene rings is 1. The number of pyridine rings is 1. The molecule has 0 unspecified atom stereocenters. The first-order valence-corrected chi connectivity index (χ1v) is 6.18. The summed E-state index contributed by atoms with van der Waals surface area (Å²) < 4.78 is 2.28. The van der Waals surface area contributed by atoms with Crippen LogP contribution < -0.4 is 0 Å². The Morgan fingerprint density at radius 3 is 2.33 bits per heavy atom. The van der Waals surface area contributed by atoms with E-state index in [0.29, 0.717) is 0 Å². The van der Waals surface area contributed by atoms with Crippen molar-refractivity contribution < 1.29 is 0 Å². The molecule has 0 radical (unpaired) electrons. The van der Waals surface area contributed by atoms with Gasteiger partial charge in [-0.3, -0.25) is 4.98 Å². The van der Waals surface area contributed by atoms with Gasteiger partial charge in [-0.25, -0.2) is 0 Å². The molecule has 0 N–H and O–H groups in total. The molecule has 2 heteroatoms. The van der Waals surface area contributed by atoms with Gasteiger partial charge >= 0.3 is 0 Å². The number of nitrogens with zero attached hydrogens (tertiary/aromatic N) is 2. The SMILES string of the molecule is Cc1ccc(-n2c(C)ccc2C)c2cccnc12. The van der Waals surface area contributed by atoms with Crippen LogP contribution in [-0.4, -0.2) is 9.55 Å². The van der Waals surface area contributed by atoms with Crippen LogP contribution in [0, 0.1) is 20.8 Å². The van der Waals surface area contributed by atoms with Crippen molar-refractivity contribution in [1.82, 2.24) is 9.55 Å². The molecule has 0 saturated carbocycles. The van der Waals surface area contributed by atoms with Gasteiger partial charge < -0.3 is 4.57 Å². The standard InChI is InChI=1S/C16H16N2/c1-11-6-9-15(14-5-4-10-17-16(11)14)18-12(2)7-8-13(18)3/h4-10H,1-3H3. The second kappa shape index (κ2) is 3.98. The average molecular weight is 236 g/mol. The lowest BCUT2D eigenvalue weighted by Crippen LogP contribution is -2.00. The summed E-state index contributed by atoms with van der Waals surface area (Å²) in [6.07, 6.45) is 1.86. The predicted octanol–water partition coefficient (Wildman–Crippen LogP) is 3.95. The van der Waals surface area contributed by atoms with E-state index in [9.17, 15) is 0 Å². The molecule has 0 atom stereocenters. The Kier molecular flexibility index (Phi) is 2.44. The van der Waals surface area contributed by atoms with Gasteiger partial charge in [-0.2, -0.15) is 0 Å². The maximum absolute atomic E-state index is 4.50. The van der Waals surface area contributed by atoms with Gasteiger partial charge in [0.05, 0.1) is 11.2 Å². The largest absolute Gasteiger partial charge is 0.318 e. The van der Waals surface area contributed by atoms with Gasteiger partial charge in [-0.1, -0.05) is 6.07 Å². The van der Waals surface area contributed by atoms with Crippen LogP contribution >= 0.6 is 0 Å². The van der Waals surface area contributed by atoms with Crippen molar-refractivity contribution in [3.05, 3.63) is 59.5 Å². The van der Waals surface area contributed by atoms with Crippen LogP contribution in [0.25, 0.3) is 16.6 Å². The molecule has 0 aliphatic heterocycles. The highest BCUT2D eigenvalue weighted by atomic mass is 15.0. The lowest BCUT2D eigenvalue weighted by atomic mass is 10.1. The number of rotatable bonds is 1. The van der Waals surface area contributed by atoms with Crippen LogP contribution in [0.15, 0.2) is 42.6 Å². The van der Waals surface area contributed by atoms with Crippen LogP contribution in [0.2, 0.25) is 0 Å². The number of hydrogen-bond acceptors (Lipinski definition) is 1. The van der Waals surface area contributed by atoms with Crippen LogP contribution in [0.1, 0.15) is 17.0 Å². The third kappa shape index (κ3) is 1.53. The summed E-state index contributed by atoms with van der Waals surface area (Å²) in [5.41, 5.74) is 6.02. The van der Waals surface area contributed by atoms with Crippen molar-refractivity contribution in [2.75, 3.05) is 0 Å². The van der Waals surface area contributed by atoms with E-state index in [0.717, 1.165) is 5.52 Å². The zero-order valence-electron chi connectivity index (χ0n) is 10.9. The maximum atomic E-state index is 4.50. The fourth-order valence-electron chi connectivity index (χ4n) is 2.54. The molecule has 18 heavy (non-hydrogen) atoms. The van der Waals surface area contributed by atoms with Crippen LogP contribution in [0.5, 0.6) is 0 Å². The van der Waals surface area contributed by atoms with Crippen molar-refractivity contribution >= 4 is 10.9 Å². The molecule has 3 rings (SSSR count). The molecule has 0 aliphatic carbocycles. The van der Waals surface area contributed by atoms with Gasteiger partial charge in [0.1, 0.15) is 0 Å². The minimum atomic E-state index is 1.09. The zero-order valence-corrected chi connectivity index (χ0v) is 10.9. The van der Waals surface area contributed by atoms with E-state index in [1.54, 1.807) is 0 Å². The number of aromatic nitrogens is 2. The summed E-state index contributed by atoms with van der Waals surface area (Å²) in [5, 5.41) is 1.21. The first-order valence-electron chi connectivity index (χ1n) is 6.18. The molecule has 90 valence electrons. The molecule has 3 aromatic rings. The smallest absolute Gasteiger partial charge is 0.0752 e. The summed E-state index contributed by atoms with van der Waals surface area (Å²) >= 11 is 0. The van der Waals surface area contributed by atoms with Crippen LogP contribution in [-0.2, 0) is 0 Å². The Morgan fingerprint density at radius 1 is 0.889 bits per heavy atom. The van der Waals surface area contributed by atoms with Gasteiger partial charge in [0.15, 0.2) is 0 Å².